The third-order valence-corrected chi connectivity index (χ3v) is 4.62. The second-order valence-electron chi connectivity index (χ2n) is 6.25. The normalized spacial score (nSPS) is 21.4. The van der Waals surface area contributed by atoms with E-state index in [9.17, 15) is 5.11 Å². The average Bonchev–Trinajstić information content (AvgIpc) is 3.26. The van der Waals surface area contributed by atoms with Crippen molar-refractivity contribution in [3.05, 3.63) is 42.2 Å². The molecule has 4 rings (SSSR count). The van der Waals surface area contributed by atoms with Gasteiger partial charge in [-0.2, -0.15) is 0 Å². The monoisotopic (exact) mass is 327 g/mol. The maximum Gasteiger partial charge on any atom is 0.233 e. The summed E-state index contributed by atoms with van der Waals surface area (Å²) in [5, 5.41) is 21.0. The quantitative estimate of drug-likeness (QED) is 0.728. The van der Waals surface area contributed by atoms with Crippen molar-refractivity contribution >= 4 is 5.78 Å². The number of aliphatic hydroxyl groups excluding tert-OH is 1. The zero-order chi connectivity index (χ0) is 16.4. The maximum atomic E-state index is 9.19. The molecule has 0 bridgehead atoms. The predicted molar refractivity (Wildman–Crippen MR) is 87.1 cm³/mol. The number of aromatic nitrogens is 6. The Kier molecular flexibility index (Phi) is 4.22. The minimum Gasteiger partial charge on any atom is -0.390 e. The van der Waals surface area contributed by atoms with Crippen molar-refractivity contribution in [3.8, 4) is 0 Å². The first-order valence-electron chi connectivity index (χ1n) is 8.37. The van der Waals surface area contributed by atoms with E-state index in [2.05, 4.69) is 25.6 Å². The number of nitrogens with one attached hydrogen (secondary N) is 1. The molecule has 24 heavy (non-hydrogen) atoms. The SMILES string of the molecule is OCc1cn([C@@H]2CCCC[C@@H]2NCc2cn3cccnc3n2)nn1. The van der Waals surface area contributed by atoms with Gasteiger partial charge >= 0.3 is 0 Å². The molecule has 2 atom stereocenters. The Morgan fingerprint density at radius 2 is 2.12 bits per heavy atom. The van der Waals surface area contributed by atoms with Crippen molar-refractivity contribution in [2.24, 2.45) is 0 Å². The average molecular weight is 327 g/mol. The molecule has 126 valence electrons. The third-order valence-electron chi connectivity index (χ3n) is 4.62. The molecule has 1 aliphatic rings. The third kappa shape index (κ3) is 3.02. The first-order valence-corrected chi connectivity index (χ1v) is 8.37. The molecule has 3 aromatic rings. The van der Waals surface area contributed by atoms with Gasteiger partial charge in [0.05, 0.1) is 24.5 Å². The first-order chi connectivity index (χ1) is 11.8. The molecule has 0 unspecified atom stereocenters. The fourth-order valence-electron chi connectivity index (χ4n) is 3.41. The molecule has 0 amide bonds. The molecule has 0 aliphatic heterocycles. The van der Waals surface area contributed by atoms with Crippen LogP contribution in [0.15, 0.2) is 30.9 Å². The lowest BCUT2D eigenvalue weighted by molar-refractivity contribution is 0.242. The summed E-state index contributed by atoms with van der Waals surface area (Å²) in [4.78, 5) is 8.78. The Balaban J connectivity index is 1.46. The van der Waals surface area contributed by atoms with Crippen LogP contribution in [0.2, 0.25) is 0 Å². The number of rotatable bonds is 5. The summed E-state index contributed by atoms with van der Waals surface area (Å²) in [7, 11) is 0. The zero-order valence-corrected chi connectivity index (χ0v) is 13.4. The molecular weight excluding hydrogens is 306 g/mol. The van der Waals surface area contributed by atoms with Gasteiger partial charge in [-0.3, -0.25) is 4.40 Å². The van der Waals surface area contributed by atoms with Crippen LogP contribution in [0.3, 0.4) is 0 Å². The Bertz CT molecular complexity index is 778. The van der Waals surface area contributed by atoms with E-state index < -0.39 is 0 Å². The Morgan fingerprint density at radius 3 is 2.96 bits per heavy atom. The van der Waals surface area contributed by atoms with Gasteiger partial charge in [-0.1, -0.05) is 18.1 Å². The smallest absolute Gasteiger partial charge is 0.233 e. The molecule has 0 spiro atoms. The van der Waals surface area contributed by atoms with Crippen LogP contribution in [0.1, 0.15) is 43.1 Å². The minimum atomic E-state index is -0.0704. The van der Waals surface area contributed by atoms with Gasteiger partial charge < -0.3 is 10.4 Å². The van der Waals surface area contributed by atoms with Crippen molar-refractivity contribution in [1.29, 1.82) is 0 Å². The number of fused-ring (bicyclic) bond motifs is 1. The largest absolute Gasteiger partial charge is 0.390 e. The predicted octanol–water partition coefficient (Wildman–Crippen LogP) is 1.09. The molecule has 8 nitrogen and oxygen atoms in total. The van der Waals surface area contributed by atoms with Crippen LogP contribution in [-0.4, -0.2) is 40.5 Å². The van der Waals surface area contributed by atoms with E-state index in [1.165, 1.54) is 12.8 Å². The van der Waals surface area contributed by atoms with E-state index in [4.69, 9.17) is 0 Å². The minimum absolute atomic E-state index is 0.0704. The van der Waals surface area contributed by atoms with Gasteiger partial charge in [0, 0.05) is 31.2 Å². The van der Waals surface area contributed by atoms with Crippen molar-refractivity contribution < 1.29 is 5.11 Å². The molecule has 0 aromatic carbocycles. The summed E-state index contributed by atoms with van der Waals surface area (Å²) in [5.41, 5.74) is 1.60. The van der Waals surface area contributed by atoms with Crippen molar-refractivity contribution in [2.45, 2.75) is 50.9 Å². The molecular formula is C16H21N7O. The van der Waals surface area contributed by atoms with Crippen molar-refractivity contribution in [3.63, 3.8) is 0 Å². The van der Waals surface area contributed by atoms with Crippen LogP contribution in [0.5, 0.6) is 0 Å². The number of hydrogen-bond acceptors (Lipinski definition) is 6. The highest BCUT2D eigenvalue weighted by Crippen LogP contribution is 2.28. The van der Waals surface area contributed by atoms with E-state index >= 15 is 0 Å². The van der Waals surface area contributed by atoms with Crippen molar-refractivity contribution in [1.82, 2.24) is 34.7 Å². The van der Waals surface area contributed by atoms with Crippen LogP contribution in [0.4, 0.5) is 0 Å². The van der Waals surface area contributed by atoms with Crippen LogP contribution < -0.4 is 5.32 Å². The number of nitrogens with zero attached hydrogens (tertiary/aromatic N) is 6. The second-order valence-corrected chi connectivity index (χ2v) is 6.25. The van der Waals surface area contributed by atoms with Crippen molar-refractivity contribution in [2.75, 3.05) is 0 Å². The highest BCUT2D eigenvalue weighted by molar-refractivity contribution is 5.29. The molecule has 0 saturated heterocycles. The summed E-state index contributed by atoms with van der Waals surface area (Å²) in [5.74, 6) is 0.721. The molecule has 8 heteroatoms. The van der Waals surface area contributed by atoms with E-state index in [1.807, 2.05) is 33.7 Å². The van der Waals surface area contributed by atoms with Gasteiger partial charge in [0.2, 0.25) is 5.78 Å². The van der Waals surface area contributed by atoms with Crippen LogP contribution >= 0.6 is 0 Å². The first kappa shape index (κ1) is 15.2. The Labute approximate surface area is 139 Å². The summed E-state index contributed by atoms with van der Waals surface area (Å²) in [6.45, 7) is 0.630. The van der Waals surface area contributed by atoms with Crippen LogP contribution in [-0.2, 0) is 13.2 Å². The topological polar surface area (TPSA) is 93.2 Å². The summed E-state index contributed by atoms with van der Waals surface area (Å²) >= 11 is 0. The van der Waals surface area contributed by atoms with Gasteiger partial charge in [0.25, 0.3) is 0 Å². The fourth-order valence-corrected chi connectivity index (χ4v) is 3.41. The molecule has 3 aromatic heterocycles. The van der Waals surface area contributed by atoms with E-state index in [-0.39, 0.29) is 12.6 Å². The van der Waals surface area contributed by atoms with Gasteiger partial charge in [0.15, 0.2) is 0 Å². The van der Waals surface area contributed by atoms with Gasteiger partial charge in [-0.05, 0) is 18.9 Å². The molecule has 3 heterocycles. The number of imidazole rings is 1. The van der Waals surface area contributed by atoms with E-state index in [0.29, 0.717) is 18.3 Å². The van der Waals surface area contributed by atoms with Crippen LogP contribution in [0, 0.1) is 0 Å². The summed E-state index contributed by atoms with van der Waals surface area (Å²) < 4.78 is 3.83. The standard InChI is InChI=1S/C16H21N7O/c24-11-13-10-23(21-20-13)15-5-2-1-4-14(15)18-8-12-9-22-7-3-6-17-16(22)19-12/h3,6-7,9-10,14-15,18,24H,1-2,4-5,8,11H2/t14-,15+/m0/s1. The lowest BCUT2D eigenvalue weighted by Crippen LogP contribution is -2.39. The van der Waals surface area contributed by atoms with Crippen LogP contribution in [0.25, 0.3) is 5.78 Å². The Morgan fingerprint density at radius 1 is 1.21 bits per heavy atom. The lowest BCUT2D eigenvalue weighted by atomic mass is 9.90. The molecule has 1 aliphatic carbocycles. The fraction of sp³-hybridized carbons (Fsp3) is 0.500. The van der Waals surface area contributed by atoms with E-state index in [1.54, 1.807) is 6.20 Å². The Hall–Kier alpha value is -2.32. The molecule has 1 saturated carbocycles. The number of aliphatic hydroxyl groups is 1. The molecule has 0 radical (unpaired) electrons. The van der Waals surface area contributed by atoms with Gasteiger partial charge in [0.1, 0.15) is 5.69 Å². The summed E-state index contributed by atoms with van der Waals surface area (Å²) in [6.07, 6.45) is 12.1. The van der Waals surface area contributed by atoms with Gasteiger partial charge in [-0.25, -0.2) is 14.6 Å². The van der Waals surface area contributed by atoms with E-state index in [0.717, 1.165) is 24.3 Å². The maximum absolute atomic E-state index is 9.19. The second kappa shape index (κ2) is 6.66. The zero-order valence-electron chi connectivity index (χ0n) is 13.4. The lowest BCUT2D eigenvalue weighted by Gasteiger charge is -2.32. The number of hydrogen-bond donors (Lipinski definition) is 2. The molecule has 2 N–H and O–H groups in total. The molecule has 1 fully saturated rings. The van der Waals surface area contributed by atoms with Gasteiger partial charge in [-0.15, -0.1) is 5.10 Å². The highest BCUT2D eigenvalue weighted by Gasteiger charge is 2.27. The summed E-state index contributed by atoms with van der Waals surface area (Å²) in [6, 6.07) is 2.48. The highest BCUT2D eigenvalue weighted by atomic mass is 16.3.